The highest BCUT2D eigenvalue weighted by Gasteiger charge is 2.22. The first-order chi connectivity index (χ1) is 12.7. The van der Waals surface area contributed by atoms with Crippen molar-refractivity contribution in [3.8, 4) is 11.1 Å². The summed E-state index contributed by atoms with van der Waals surface area (Å²) in [5.41, 5.74) is 1.71. The van der Waals surface area contributed by atoms with Crippen molar-refractivity contribution in [2.45, 2.75) is 39.3 Å². The van der Waals surface area contributed by atoms with Crippen LogP contribution >= 0.6 is 23.2 Å². The molecule has 27 heavy (non-hydrogen) atoms. The van der Waals surface area contributed by atoms with Gasteiger partial charge in [0.15, 0.2) is 0 Å². The Morgan fingerprint density at radius 1 is 1.30 bits per heavy atom. The zero-order chi connectivity index (χ0) is 19.8. The summed E-state index contributed by atoms with van der Waals surface area (Å²) in [6.07, 6.45) is 3.48. The molecule has 0 saturated heterocycles. The maximum Gasteiger partial charge on any atom is 0.328 e. The topological polar surface area (TPSA) is 79.9 Å². The first-order valence-electron chi connectivity index (χ1n) is 8.43. The van der Waals surface area contributed by atoms with E-state index >= 15 is 0 Å². The number of halogens is 2. The predicted octanol–water partition coefficient (Wildman–Crippen LogP) is 5.07. The highest BCUT2D eigenvalue weighted by atomic mass is 35.5. The van der Waals surface area contributed by atoms with E-state index in [1.54, 1.807) is 25.4 Å². The standard InChI is InChI=1S/C19H20Cl2N4O2/c1-10(18(26)27-19(2,3)4)24-15-7-13(11-8-22-23-9-11)12-5-6-14(20)16(21)17(12)25-15/h5-10H,1-4H3,(H,22,23)(H,24,25)/t10-/m1/s1. The van der Waals surface area contributed by atoms with Crippen molar-refractivity contribution in [2.75, 3.05) is 5.32 Å². The quantitative estimate of drug-likeness (QED) is 0.590. The Bertz CT molecular complexity index is 982. The summed E-state index contributed by atoms with van der Waals surface area (Å²) in [6.45, 7) is 7.19. The molecule has 3 aromatic rings. The maximum atomic E-state index is 12.3. The van der Waals surface area contributed by atoms with Crippen LogP contribution in [0.4, 0.5) is 5.82 Å². The third-order valence-electron chi connectivity index (χ3n) is 3.81. The number of pyridine rings is 1. The van der Waals surface area contributed by atoms with Gasteiger partial charge in [0.25, 0.3) is 0 Å². The Labute approximate surface area is 167 Å². The minimum Gasteiger partial charge on any atom is -0.458 e. The summed E-state index contributed by atoms with van der Waals surface area (Å²) in [5, 5.41) is 11.5. The number of aromatic amines is 1. The lowest BCUT2D eigenvalue weighted by Gasteiger charge is -2.23. The highest BCUT2D eigenvalue weighted by molar-refractivity contribution is 6.45. The van der Waals surface area contributed by atoms with Crippen LogP contribution < -0.4 is 5.32 Å². The second kappa shape index (κ2) is 7.37. The zero-order valence-corrected chi connectivity index (χ0v) is 16.9. The molecule has 8 heteroatoms. The van der Waals surface area contributed by atoms with Crippen LogP contribution in [0.2, 0.25) is 10.0 Å². The van der Waals surface area contributed by atoms with Crippen LogP contribution in [0.3, 0.4) is 0 Å². The van der Waals surface area contributed by atoms with Gasteiger partial charge in [0.1, 0.15) is 17.5 Å². The molecule has 0 unspecified atom stereocenters. The van der Waals surface area contributed by atoms with Gasteiger partial charge in [-0.1, -0.05) is 29.3 Å². The summed E-state index contributed by atoms with van der Waals surface area (Å²) < 4.78 is 5.41. The molecule has 0 saturated carbocycles. The van der Waals surface area contributed by atoms with E-state index in [1.165, 1.54) is 0 Å². The Kier molecular flexibility index (Phi) is 5.31. The smallest absolute Gasteiger partial charge is 0.328 e. The fourth-order valence-electron chi connectivity index (χ4n) is 2.62. The second-order valence-electron chi connectivity index (χ2n) is 7.20. The van der Waals surface area contributed by atoms with Gasteiger partial charge >= 0.3 is 5.97 Å². The molecule has 0 fully saturated rings. The van der Waals surface area contributed by atoms with Crippen LogP contribution in [0, 0.1) is 0 Å². The van der Waals surface area contributed by atoms with E-state index in [-0.39, 0.29) is 5.97 Å². The van der Waals surface area contributed by atoms with Crippen molar-refractivity contribution in [3.63, 3.8) is 0 Å². The molecule has 0 aliphatic rings. The summed E-state index contributed by atoms with van der Waals surface area (Å²) in [7, 11) is 0. The van der Waals surface area contributed by atoms with Crippen LogP contribution in [-0.4, -0.2) is 32.8 Å². The van der Waals surface area contributed by atoms with Crippen LogP contribution in [-0.2, 0) is 9.53 Å². The van der Waals surface area contributed by atoms with Crippen molar-refractivity contribution in [1.82, 2.24) is 15.2 Å². The monoisotopic (exact) mass is 406 g/mol. The van der Waals surface area contributed by atoms with Gasteiger partial charge in [0.2, 0.25) is 0 Å². The van der Waals surface area contributed by atoms with E-state index < -0.39 is 11.6 Å². The van der Waals surface area contributed by atoms with Gasteiger partial charge in [0.05, 0.1) is 21.8 Å². The normalized spacial score (nSPS) is 12.8. The molecule has 3 rings (SSSR count). The first-order valence-corrected chi connectivity index (χ1v) is 9.18. The van der Waals surface area contributed by atoms with E-state index in [2.05, 4.69) is 20.5 Å². The highest BCUT2D eigenvalue weighted by Crippen LogP contribution is 2.36. The molecular formula is C19H20Cl2N4O2. The third-order valence-corrected chi connectivity index (χ3v) is 4.60. The summed E-state index contributed by atoms with van der Waals surface area (Å²) in [6, 6.07) is 4.84. The molecule has 0 aliphatic carbocycles. The average Bonchev–Trinajstić information content (AvgIpc) is 3.10. The number of carbonyl (C=O) groups excluding carboxylic acids is 1. The van der Waals surface area contributed by atoms with E-state index in [4.69, 9.17) is 27.9 Å². The van der Waals surface area contributed by atoms with Crippen LogP contribution in [0.5, 0.6) is 0 Å². The maximum absolute atomic E-state index is 12.3. The molecule has 0 aliphatic heterocycles. The molecule has 2 N–H and O–H groups in total. The lowest BCUT2D eigenvalue weighted by molar-refractivity contribution is -0.155. The fourth-order valence-corrected chi connectivity index (χ4v) is 2.98. The Morgan fingerprint density at radius 2 is 2.04 bits per heavy atom. The number of aromatic nitrogens is 3. The van der Waals surface area contributed by atoms with Crippen molar-refractivity contribution < 1.29 is 9.53 Å². The summed E-state index contributed by atoms with van der Waals surface area (Å²) >= 11 is 12.5. The number of hydrogen-bond acceptors (Lipinski definition) is 5. The molecule has 2 aromatic heterocycles. The molecule has 0 amide bonds. The number of ether oxygens (including phenoxy) is 1. The average molecular weight is 407 g/mol. The van der Waals surface area contributed by atoms with Crippen LogP contribution in [0.1, 0.15) is 27.7 Å². The van der Waals surface area contributed by atoms with Crippen LogP contribution in [0.15, 0.2) is 30.6 Å². The minimum absolute atomic E-state index is 0.354. The van der Waals surface area contributed by atoms with Crippen LogP contribution in [0.25, 0.3) is 22.0 Å². The molecule has 6 nitrogen and oxygen atoms in total. The molecule has 142 valence electrons. The predicted molar refractivity (Wildman–Crippen MR) is 108 cm³/mol. The molecule has 1 aromatic carbocycles. The molecule has 1 atom stereocenters. The number of benzene rings is 1. The number of esters is 1. The third kappa shape index (κ3) is 4.34. The van der Waals surface area contributed by atoms with Gasteiger partial charge in [-0.25, -0.2) is 9.78 Å². The summed E-state index contributed by atoms with van der Waals surface area (Å²) in [4.78, 5) is 16.8. The number of nitrogens with zero attached hydrogens (tertiary/aromatic N) is 2. The number of anilines is 1. The SMILES string of the molecule is C[C@@H](Nc1cc(-c2cn[nH]c2)c2ccc(Cl)c(Cl)c2n1)C(=O)OC(C)(C)C. The molecule has 2 heterocycles. The van der Waals surface area contributed by atoms with Gasteiger partial charge in [-0.3, -0.25) is 5.10 Å². The van der Waals surface area contributed by atoms with E-state index in [0.717, 1.165) is 16.5 Å². The van der Waals surface area contributed by atoms with Gasteiger partial charge in [-0.2, -0.15) is 5.10 Å². The van der Waals surface area contributed by atoms with Gasteiger partial charge in [-0.15, -0.1) is 0 Å². The Morgan fingerprint density at radius 3 is 2.67 bits per heavy atom. The lowest BCUT2D eigenvalue weighted by atomic mass is 10.0. The zero-order valence-electron chi connectivity index (χ0n) is 15.4. The number of nitrogens with one attached hydrogen (secondary N) is 2. The Balaban J connectivity index is 2.03. The number of H-pyrrole nitrogens is 1. The molecule has 0 radical (unpaired) electrons. The number of rotatable bonds is 4. The van der Waals surface area contributed by atoms with Crippen molar-refractivity contribution in [2.24, 2.45) is 0 Å². The van der Waals surface area contributed by atoms with Crippen molar-refractivity contribution >= 4 is 45.9 Å². The molecule has 0 spiro atoms. The van der Waals surface area contributed by atoms with Crippen molar-refractivity contribution in [1.29, 1.82) is 0 Å². The van der Waals surface area contributed by atoms with E-state index in [9.17, 15) is 4.79 Å². The van der Waals surface area contributed by atoms with Crippen molar-refractivity contribution in [3.05, 3.63) is 40.6 Å². The first kappa shape index (κ1) is 19.5. The van der Waals surface area contributed by atoms with Gasteiger partial charge in [-0.05, 0) is 45.4 Å². The van der Waals surface area contributed by atoms with E-state index in [0.29, 0.717) is 21.4 Å². The number of hydrogen-bond donors (Lipinski definition) is 2. The minimum atomic E-state index is -0.593. The Hall–Kier alpha value is -2.31. The number of fused-ring (bicyclic) bond motifs is 1. The largest absolute Gasteiger partial charge is 0.458 e. The van der Waals surface area contributed by atoms with E-state index in [1.807, 2.05) is 32.9 Å². The molecule has 0 bridgehead atoms. The second-order valence-corrected chi connectivity index (χ2v) is 7.98. The summed E-state index contributed by atoms with van der Waals surface area (Å²) in [5.74, 6) is 0.118. The molecular weight excluding hydrogens is 387 g/mol. The fraction of sp³-hybridized carbons (Fsp3) is 0.316. The van der Waals surface area contributed by atoms with Gasteiger partial charge < -0.3 is 10.1 Å². The lowest BCUT2D eigenvalue weighted by Crippen LogP contribution is -2.34. The number of carbonyl (C=O) groups is 1. The van der Waals surface area contributed by atoms with Gasteiger partial charge in [0, 0.05) is 17.1 Å².